The van der Waals surface area contributed by atoms with Crippen molar-refractivity contribution in [3.8, 4) is 23.0 Å². The number of anilines is 1. The maximum Gasteiger partial charge on any atom is 0.573 e. The number of ether oxygens (including phenoxy) is 2. The molecule has 2 heterocycles. The monoisotopic (exact) mass is 470 g/mol. The molecule has 13 heteroatoms. The van der Waals surface area contributed by atoms with Gasteiger partial charge in [0, 0.05) is 25.5 Å². The fraction of sp³-hybridized carbons (Fsp3) is 0.368. The molecule has 0 bridgehead atoms. The number of hydrogen-bond donors (Lipinski definition) is 1. The molecule has 9 nitrogen and oxygen atoms in total. The molecule has 0 spiro atoms. The number of halogens is 3. The molecular formula is C19H21F3N6O3S. The van der Waals surface area contributed by atoms with Gasteiger partial charge >= 0.3 is 6.36 Å². The number of aryl methyl sites for hydroxylation is 1. The van der Waals surface area contributed by atoms with Crippen molar-refractivity contribution in [1.29, 1.82) is 0 Å². The Bertz CT molecular complexity index is 1070. The predicted octanol–water partition coefficient (Wildman–Crippen LogP) is 3.73. The lowest BCUT2D eigenvalue weighted by molar-refractivity contribution is -0.274. The Balaban J connectivity index is 1.62. The van der Waals surface area contributed by atoms with Crippen LogP contribution in [0.5, 0.6) is 11.6 Å². The summed E-state index contributed by atoms with van der Waals surface area (Å²) >= 11 is 1.17. The summed E-state index contributed by atoms with van der Waals surface area (Å²) in [5.74, 6) is 0.319. The first kappa shape index (κ1) is 23.4. The number of hydrogen-bond acceptors (Lipinski definition) is 7. The molecule has 0 radical (unpaired) electrons. The second-order valence-electron chi connectivity index (χ2n) is 6.41. The summed E-state index contributed by atoms with van der Waals surface area (Å²) in [5, 5.41) is 15.8. The molecule has 3 aromatic rings. The van der Waals surface area contributed by atoms with Crippen molar-refractivity contribution in [2.75, 3.05) is 17.7 Å². The zero-order valence-electron chi connectivity index (χ0n) is 17.5. The van der Waals surface area contributed by atoms with Crippen molar-refractivity contribution >= 4 is 23.4 Å². The highest BCUT2D eigenvalue weighted by atomic mass is 32.2. The molecule has 0 aliphatic rings. The molecule has 1 aromatic carbocycles. The minimum absolute atomic E-state index is 0.0271. The maximum atomic E-state index is 12.2. The van der Waals surface area contributed by atoms with Gasteiger partial charge in [-0.2, -0.15) is 0 Å². The van der Waals surface area contributed by atoms with Crippen molar-refractivity contribution in [3.05, 3.63) is 30.5 Å². The van der Waals surface area contributed by atoms with Crippen molar-refractivity contribution in [3.63, 3.8) is 0 Å². The summed E-state index contributed by atoms with van der Waals surface area (Å²) in [6.45, 7) is 4.95. The van der Waals surface area contributed by atoms with Gasteiger partial charge in [0.15, 0.2) is 11.0 Å². The van der Waals surface area contributed by atoms with Crippen LogP contribution in [0.4, 0.5) is 18.9 Å². The van der Waals surface area contributed by atoms with Gasteiger partial charge in [-0.1, -0.05) is 11.8 Å². The van der Waals surface area contributed by atoms with Crippen LogP contribution in [0.2, 0.25) is 0 Å². The Morgan fingerprint density at radius 2 is 1.91 bits per heavy atom. The number of carbonyl (C=O) groups excluding carboxylic acids is 1. The minimum atomic E-state index is -4.77. The fourth-order valence-electron chi connectivity index (χ4n) is 2.70. The van der Waals surface area contributed by atoms with Gasteiger partial charge in [-0.15, -0.1) is 28.5 Å². The van der Waals surface area contributed by atoms with Crippen LogP contribution in [-0.2, 0) is 18.4 Å². The Kier molecular flexibility index (Phi) is 7.28. The molecule has 0 aliphatic carbocycles. The van der Waals surface area contributed by atoms with Crippen LogP contribution in [0.1, 0.15) is 13.8 Å². The molecule has 1 N–H and O–H groups in total. The van der Waals surface area contributed by atoms with E-state index in [1.165, 1.54) is 23.9 Å². The number of carbonyl (C=O) groups is 1. The lowest BCUT2D eigenvalue weighted by Crippen LogP contribution is -2.17. The van der Waals surface area contributed by atoms with Gasteiger partial charge in [0.2, 0.25) is 11.8 Å². The summed E-state index contributed by atoms with van der Waals surface area (Å²) < 4.78 is 49.5. The van der Waals surface area contributed by atoms with E-state index in [0.717, 1.165) is 12.1 Å². The molecule has 0 fully saturated rings. The topological polar surface area (TPSA) is 96.1 Å². The minimum Gasteiger partial charge on any atom is -0.476 e. The Hall–Kier alpha value is -3.22. The largest absolute Gasteiger partial charge is 0.573 e. The zero-order chi connectivity index (χ0) is 23.3. The molecular weight excluding hydrogens is 449 g/mol. The van der Waals surface area contributed by atoms with E-state index in [-0.39, 0.29) is 17.4 Å². The number of thioether (sulfide) groups is 1. The number of nitrogens with zero attached hydrogens (tertiary/aromatic N) is 5. The molecule has 2 aromatic heterocycles. The maximum absolute atomic E-state index is 12.2. The van der Waals surface area contributed by atoms with E-state index < -0.39 is 6.36 Å². The number of benzene rings is 1. The fourth-order valence-corrected chi connectivity index (χ4v) is 3.42. The molecule has 0 saturated heterocycles. The first-order chi connectivity index (χ1) is 15.2. The van der Waals surface area contributed by atoms with Gasteiger partial charge in [0.1, 0.15) is 11.3 Å². The summed E-state index contributed by atoms with van der Waals surface area (Å²) in [6, 6.07) is 4.89. The molecule has 0 saturated carbocycles. The number of nitrogens with one attached hydrogen (secondary N) is 1. The predicted molar refractivity (Wildman–Crippen MR) is 112 cm³/mol. The van der Waals surface area contributed by atoms with Gasteiger partial charge in [-0.3, -0.25) is 9.48 Å². The van der Waals surface area contributed by atoms with Crippen molar-refractivity contribution in [2.45, 2.75) is 31.9 Å². The zero-order valence-corrected chi connectivity index (χ0v) is 18.3. The average molecular weight is 470 g/mol. The lowest BCUT2D eigenvalue weighted by Gasteiger charge is -2.10. The molecule has 172 valence electrons. The molecule has 0 atom stereocenters. The highest BCUT2D eigenvalue weighted by Crippen LogP contribution is 2.30. The van der Waals surface area contributed by atoms with Gasteiger partial charge in [0.25, 0.3) is 0 Å². The normalized spacial score (nSPS) is 11.4. The molecule has 0 unspecified atom stereocenters. The highest BCUT2D eigenvalue weighted by molar-refractivity contribution is 7.99. The van der Waals surface area contributed by atoms with E-state index in [4.69, 9.17) is 4.74 Å². The first-order valence-electron chi connectivity index (χ1n) is 9.58. The van der Waals surface area contributed by atoms with Crippen LogP contribution in [0.25, 0.3) is 11.4 Å². The standard InChI is InChI=1S/C19H21F3N6O3S/c1-4-28-10-14(17(26-28)30-5-2)16-24-25-18(27(16)3)32-11-15(29)23-12-6-8-13(9-7-12)31-19(20,21)22/h6-10H,4-5,11H2,1-3H3,(H,23,29). The van der Waals surface area contributed by atoms with E-state index in [0.29, 0.717) is 41.3 Å². The van der Waals surface area contributed by atoms with Crippen LogP contribution >= 0.6 is 11.8 Å². The lowest BCUT2D eigenvalue weighted by atomic mass is 10.3. The van der Waals surface area contributed by atoms with E-state index in [2.05, 4.69) is 25.3 Å². The van der Waals surface area contributed by atoms with Crippen LogP contribution in [-0.4, -0.2) is 49.2 Å². The number of aromatic nitrogens is 5. The summed E-state index contributed by atoms with van der Waals surface area (Å²) in [7, 11) is 1.77. The van der Waals surface area contributed by atoms with Gasteiger partial charge in [0.05, 0.1) is 12.4 Å². The summed E-state index contributed by atoms with van der Waals surface area (Å²) in [5.41, 5.74) is 1.04. The average Bonchev–Trinajstić information content (AvgIpc) is 3.30. The number of amides is 1. The number of rotatable bonds is 9. The van der Waals surface area contributed by atoms with E-state index in [9.17, 15) is 18.0 Å². The quantitative estimate of drug-likeness (QED) is 0.476. The molecule has 32 heavy (non-hydrogen) atoms. The first-order valence-corrected chi connectivity index (χ1v) is 10.6. The molecule has 0 aliphatic heterocycles. The Morgan fingerprint density at radius 1 is 1.19 bits per heavy atom. The van der Waals surface area contributed by atoms with Crippen LogP contribution in [0, 0.1) is 0 Å². The Morgan fingerprint density at radius 3 is 2.53 bits per heavy atom. The SMILES string of the molecule is CCOc1nn(CC)cc1-c1nnc(SCC(=O)Nc2ccc(OC(F)(F)F)cc2)n1C. The van der Waals surface area contributed by atoms with E-state index >= 15 is 0 Å². The second-order valence-corrected chi connectivity index (χ2v) is 7.35. The van der Waals surface area contributed by atoms with E-state index in [1.807, 2.05) is 20.0 Å². The third-order valence-electron chi connectivity index (χ3n) is 4.11. The smallest absolute Gasteiger partial charge is 0.476 e. The third kappa shape index (κ3) is 5.93. The third-order valence-corrected chi connectivity index (χ3v) is 5.13. The molecule has 1 amide bonds. The number of alkyl halides is 3. The second kappa shape index (κ2) is 9.94. The van der Waals surface area contributed by atoms with Crippen LogP contribution in [0.3, 0.4) is 0 Å². The van der Waals surface area contributed by atoms with Gasteiger partial charge in [-0.05, 0) is 38.1 Å². The van der Waals surface area contributed by atoms with Crippen molar-refractivity contribution < 1.29 is 27.4 Å². The van der Waals surface area contributed by atoms with Gasteiger partial charge in [-0.25, -0.2) is 0 Å². The summed E-state index contributed by atoms with van der Waals surface area (Å²) in [4.78, 5) is 12.2. The van der Waals surface area contributed by atoms with Gasteiger partial charge < -0.3 is 19.4 Å². The van der Waals surface area contributed by atoms with Crippen LogP contribution < -0.4 is 14.8 Å². The van der Waals surface area contributed by atoms with Crippen molar-refractivity contribution in [2.24, 2.45) is 7.05 Å². The highest BCUT2D eigenvalue weighted by Gasteiger charge is 2.31. The molecule has 3 rings (SSSR count). The Labute approximate surface area is 185 Å². The summed E-state index contributed by atoms with van der Waals surface area (Å²) in [6.07, 6.45) is -2.95. The van der Waals surface area contributed by atoms with Crippen LogP contribution in [0.15, 0.2) is 35.6 Å². The van der Waals surface area contributed by atoms with E-state index in [1.54, 1.807) is 16.3 Å². The van der Waals surface area contributed by atoms with Crippen molar-refractivity contribution in [1.82, 2.24) is 24.5 Å².